The number of hydrogen-bond acceptors (Lipinski definition) is 3. The van der Waals surface area contributed by atoms with Crippen LogP contribution in [0.4, 0.5) is 11.4 Å². The third kappa shape index (κ3) is 7.37. The molecule has 1 N–H and O–H groups in total. The smallest absolute Gasteiger partial charge is 0.226 e. The highest BCUT2D eigenvalue weighted by molar-refractivity contribution is 5.91. The first-order valence-corrected chi connectivity index (χ1v) is 11.0. The first-order chi connectivity index (χ1) is 13.6. The van der Waals surface area contributed by atoms with Gasteiger partial charge in [-0.3, -0.25) is 9.59 Å². The minimum absolute atomic E-state index is 0.0236. The van der Waals surface area contributed by atoms with E-state index < -0.39 is 0 Å². The second kappa shape index (κ2) is 11.8. The van der Waals surface area contributed by atoms with Crippen molar-refractivity contribution in [3.05, 3.63) is 23.8 Å². The van der Waals surface area contributed by atoms with Gasteiger partial charge in [0.25, 0.3) is 0 Å². The molecule has 0 saturated heterocycles. The largest absolute Gasteiger partial charge is 0.377 e. The van der Waals surface area contributed by atoms with Crippen molar-refractivity contribution in [3.63, 3.8) is 0 Å². The van der Waals surface area contributed by atoms with Crippen LogP contribution >= 0.6 is 0 Å². The van der Waals surface area contributed by atoms with Gasteiger partial charge in [0.05, 0.1) is 0 Å². The van der Waals surface area contributed by atoms with E-state index in [9.17, 15) is 9.59 Å². The van der Waals surface area contributed by atoms with Crippen LogP contribution in [0, 0.1) is 11.8 Å². The summed E-state index contributed by atoms with van der Waals surface area (Å²) >= 11 is 0. The zero-order chi connectivity index (χ0) is 22.1. The molecule has 1 rings (SSSR count). The molecule has 0 spiro atoms. The Hall–Kier alpha value is -2.04. The molecular formula is C24H41N3O2. The van der Waals surface area contributed by atoms with Crippen molar-refractivity contribution in [2.45, 2.75) is 79.8 Å². The monoisotopic (exact) mass is 403 g/mol. The normalized spacial score (nSPS) is 12.2. The van der Waals surface area contributed by atoms with Gasteiger partial charge < -0.3 is 15.1 Å². The summed E-state index contributed by atoms with van der Waals surface area (Å²) in [5.41, 5.74) is 2.91. The van der Waals surface area contributed by atoms with Gasteiger partial charge in [-0.1, -0.05) is 34.6 Å². The molecule has 29 heavy (non-hydrogen) atoms. The molecule has 1 aromatic rings. The Morgan fingerprint density at radius 2 is 1.62 bits per heavy atom. The maximum absolute atomic E-state index is 13.2. The summed E-state index contributed by atoms with van der Waals surface area (Å²) in [5, 5.41) is 3.01. The Balaban J connectivity index is 3.23. The second-order valence-corrected chi connectivity index (χ2v) is 8.62. The molecular weight excluding hydrogens is 362 g/mol. The molecule has 0 saturated carbocycles. The molecule has 1 aromatic carbocycles. The number of amides is 2. The molecule has 0 radical (unpaired) electrons. The highest BCUT2D eigenvalue weighted by Crippen LogP contribution is 2.27. The Morgan fingerprint density at radius 1 is 1.00 bits per heavy atom. The van der Waals surface area contributed by atoms with Gasteiger partial charge in [-0.25, -0.2) is 0 Å². The fourth-order valence-corrected chi connectivity index (χ4v) is 3.54. The number of hydrogen-bond donors (Lipinski definition) is 1. The number of benzene rings is 1. The maximum Gasteiger partial charge on any atom is 0.226 e. The minimum Gasteiger partial charge on any atom is -0.377 e. The van der Waals surface area contributed by atoms with Crippen molar-refractivity contribution in [1.29, 1.82) is 0 Å². The third-order valence-electron chi connectivity index (χ3n) is 5.52. The number of rotatable bonds is 11. The lowest BCUT2D eigenvalue weighted by Gasteiger charge is -2.33. The predicted molar refractivity (Wildman–Crippen MR) is 123 cm³/mol. The van der Waals surface area contributed by atoms with Crippen molar-refractivity contribution in [3.8, 4) is 0 Å². The lowest BCUT2D eigenvalue weighted by molar-refractivity contribution is -0.138. The van der Waals surface area contributed by atoms with Crippen LogP contribution in [0.3, 0.4) is 0 Å². The van der Waals surface area contributed by atoms with E-state index in [1.54, 1.807) is 0 Å². The molecule has 164 valence electrons. The van der Waals surface area contributed by atoms with E-state index in [0.29, 0.717) is 18.9 Å². The Kier molecular flexibility index (Phi) is 10.2. The minimum atomic E-state index is 0.0236. The zero-order valence-corrected chi connectivity index (χ0v) is 19.7. The van der Waals surface area contributed by atoms with Gasteiger partial charge in [0.2, 0.25) is 11.8 Å². The van der Waals surface area contributed by atoms with Gasteiger partial charge in [0.1, 0.15) is 0 Å². The average molecular weight is 404 g/mol. The van der Waals surface area contributed by atoms with Gasteiger partial charge in [-0.05, 0) is 55.9 Å². The summed E-state index contributed by atoms with van der Waals surface area (Å²) in [7, 11) is 4.01. The first-order valence-electron chi connectivity index (χ1n) is 11.0. The van der Waals surface area contributed by atoms with E-state index in [1.165, 1.54) is 0 Å². The van der Waals surface area contributed by atoms with E-state index in [-0.39, 0.29) is 23.8 Å². The number of carbonyl (C=O) groups is 2. The molecule has 5 heteroatoms. The quantitative estimate of drug-likeness (QED) is 0.545. The fraction of sp³-hybridized carbons (Fsp3) is 0.667. The van der Waals surface area contributed by atoms with E-state index in [1.807, 2.05) is 51.0 Å². The van der Waals surface area contributed by atoms with Gasteiger partial charge in [0, 0.05) is 50.4 Å². The Labute approximate surface area is 177 Å². The Bertz CT molecular complexity index is 666. The summed E-state index contributed by atoms with van der Waals surface area (Å²) in [6.07, 6.45) is 3.12. The molecule has 0 unspecified atom stereocenters. The maximum atomic E-state index is 13.2. The standard InChI is InChI=1S/C24H41N3O2/c1-9-18(6)27(24(29)19(10-2)11-3)16-20-15-21(12-13-22(20)26(7)8)25-23(28)14-17(4)5/h12-13,15,17-19H,9-11,14,16H2,1-8H3,(H,25,28)/t18-/m0/s1. The Morgan fingerprint density at radius 3 is 2.10 bits per heavy atom. The van der Waals surface area contributed by atoms with Crippen molar-refractivity contribution in [1.82, 2.24) is 4.90 Å². The highest BCUT2D eigenvalue weighted by Gasteiger charge is 2.26. The van der Waals surface area contributed by atoms with Crippen LogP contribution in [0.5, 0.6) is 0 Å². The number of anilines is 2. The summed E-state index contributed by atoms with van der Waals surface area (Å²) < 4.78 is 0. The highest BCUT2D eigenvalue weighted by atomic mass is 16.2. The molecule has 0 bridgehead atoms. The van der Waals surface area contributed by atoms with E-state index in [0.717, 1.165) is 36.2 Å². The van der Waals surface area contributed by atoms with Gasteiger partial charge >= 0.3 is 0 Å². The molecule has 0 aromatic heterocycles. The number of carbonyl (C=O) groups excluding carboxylic acids is 2. The van der Waals surface area contributed by atoms with Crippen molar-refractivity contribution in [2.75, 3.05) is 24.3 Å². The van der Waals surface area contributed by atoms with Crippen molar-refractivity contribution in [2.24, 2.45) is 11.8 Å². The SMILES string of the molecule is CCC(CC)C(=O)N(Cc1cc(NC(=O)CC(C)C)ccc1N(C)C)[C@@H](C)CC. The lowest BCUT2D eigenvalue weighted by Crippen LogP contribution is -2.41. The lowest BCUT2D eigenvalue weighted by atomic mass is 9.99. The predicted octanol–water partition coefficient (Wildman–Crippen LogP) is 5.30. The third-order valence-corrected chi connectivity index (χ3v) is 5.52. The zero-order valence-electron chi connectivity index (χ0n) is 19.7. The molecule has 5 nitrogen and oxygen atoms in total. The van der Waals surface area contributed by atoms with Gasteiger partial charge in [-0.2, -0.15) is 0 Å². The fourth-order valence-electron chi connectivity index (χ4n) is 3.54. The van der Waals surface area contributed by atoms with Crippen LogP contribution in [-0.2, 0) is 16.1 Å². The summed E-state index contributed by atoms with van der Waals surface area (Å²) in [4.78, 5) is 29.5. The first kappa shape index (κ1) is 25.0. The number of nitrogens with one attached hydrogen (secondary N) is 1. The van der Waals surface area contributed by atoms with E-state index >= 15 is 0 Å². The van der Waals surface area contributed by atoms with Crippen molar-refractivity contribution < 1.29 is 9.59 Å². The topological polar surface area (TPSA) is 52.7 Å². The van der Waals surface area contributed by atoms with Crippen LogP contribution in [0.15, 0.2) is 18.2 Å². The number of nitrogens with zero attached hydrogens (tertiary/aromatic N) is 2. The molecule has 0 fully saturated rings. The van der Waals surface area contributed by atoms with Gasteiger partial charge in [0.15, 0.2) is 0 Å². The van der Waals surface area contributed by atoms with Crippen LogP contribution < -0.4 is 10.2 Å². The summed E-state index contributed by atoms with van der Waals surface area (Å²) in [5.74, 6) is 0.619. The molecule has 1 atom stereocenters. The van der Waals surface area contributed by atoms with Crippen LogP contribution in [-0.4, -0.2) is 36.9 Å². The van der Waals surface area contributed by atoms with E-state index in [4.69, 9.17) is 0 Å². The van der Waals surface area contributed by atoms with Crippen LogP contribution in [0.1, 0.15) is 72.8 Å². The molecule has 2 amide bonds. The molecule has 0 aliphatic carbocycles. The van der Waals surface area contributed by atoms with E-state index in [2.05, 4.69) is 37.9 Å². The second-order valence-electron chi connectivity index (χ2n) is 8.62. The average Bonchev–Trinajstić information content (AvgIpc) is 2.65. The van der Waals surface area contributed by atoms with Crippen LogP contribution in [0.25, 0.3) is 0 Å². The van der Waals surface area contributed by atoms with Crippen LogP contribution in [0.2, 0.25) is 0 Å². The molecule has 0 heterocycles. The van der Waals surface area contributed by atoms with Crippen molar-refractivity contribution >= 4 is 23.2 Å². The molecule has 0 aliphatic rings. The molecule has 0 aliphatic heterocycles. The summed E-state index contributed by atoms with van der Waals surface area (Å²) in [6, 6.07) is 6.14. The summed E-state index contributed by atoms with van der Waals surface area (Å²) in [6.45, 7) is 13.0. The van der Waals surface area contributed by atoms with Gasteiger partial charge in [-0.15, -0.1) is 0 Å².